The summed E-state index contributed by atoms with van der Waals surface area (Å²) in [6, 6.07) is 3.60. The van der Waals surface area contributed by atoms with E-state index in [1.54, 1.807) is 6.07 Å². The minimum Gasteiger partial charge on any atom is -0.392 e. The number of fused-ring (bicyclic) bond motifs is 3. The van der Waals surface area contributed by atoms with Crippen LogP contribution in [0.4, 0.5) is 0 Å². The van der Waals surface area contributed by atoms with Crippen molar-refractivity contribution in [2.45, 2.75) is 6.61 Å². The van der Waals surface area contributed by atoms with E-state index in [1.165, 1.54) is 0 Å². The molecule has 21 heavy (non-hydrogen) atoms. The molecule has 0 spiro atoms. The topological polar surface area (TPSA) is 49.3 Å². The maximum absolute atomic E-state index is 12.3. The fourth-order valence-electron chi connectivity index (χ4n) is 2.52. The highest BCUT2D eigenvalue weighted by Gasteiger charge is 2.24. The van der Waals surface area contributed by atoms with E-state index in [0.717, 1.165) is 21.2 Å². The number of carbonyl (C=O) groups excluding carboxylic acids is 1. The molecule has 0 radical (unpaired) electrons. The van der Waals surface area contributed by atoms with Crippen LogP contribution in [0.15, 0.2) is 58.6 Å². The van der Waals surface area contributed by atoms with Gasteiger partial charge < -0.3 is 10.4 Å². The molecule has 0 bridgehead atoms. The fraction of sp³-hybridized carbons (Fsp3) is 0.118. The van der Waals surface area contributed by atoms with Gasteiger partial charge >= 0.3 is 0 Å². The van der Waals surface area contributed by atoms with E-state index in [4.69, 9.17) is 0 Å². The third kappa shape index (κ3) is 2.64. The summed E-state index contributed by atoms with van der Waals surface area (Å²) < 4.78 is 0.816. The van der Waals surface area contributed by atoms with Gasteiger partial charge in [-0.05, 0) is 28.8 Å². The molecular weight excluding hydrogens is 330 g/mol. The van der Waals surface area contributed by atoms with Crippen LogP contribution in [0, 0.1) is 0 Å². The van der Waals surface area contributed by atoms with Crippen molar-refractivity contribution in [2.75, 3.05) is 6.54 Å². The van der Waals surface area contributed by atoms with E-state index in [0.29, 0.717) is 17.7 Å². The van der Waals surface area contributed by atoms with Crippen molar-refractivity contribution >= 4 is 27.4 Å². The van der Waals surface area contributed by atoms with Gasteiger partial charge in [0.05, 0.1) is 6.61 Å². The molecule has 1 aromatic rings. The van der Waals surface area contributed by atoms with Crippen molar-refractivity contribution in [3.63, 3.8) is 0 Å². The van der Waals surface area contributed by atoms with Crippen molar-refractivity contribution in [3.8, 4) is 0 Å². The van der Waals surface area contributed by atoms with Gasteiger partial charge in [-0.1, -0.05) is 52.4 Å². The highest BCUT2D eigenvalue weighted by atomic mass is 79.9. The van der Waals surface area contributed by atoms with E-state index in [-0.39, 0.29) is 12.5 Å². The molecule has 2 N–H and O–H groups in total. The molecule has 2 aliphatic rings. The van der Waals surface area contributed by atoms with Crippen molar-refractivity contribution in [1.29, 1.82) is 0 Å². The first-order chi connectivity index (χ1) is 10.2. The number of nitrogens with one attached hydrogen (secondary N) is 1. The van der Waals surface area contributed by atoms with Gasteiger partial charge in [-0.2, -0.15) is 0 Å². The van der Waals surface area contributed by atoms with E-state index in [2.05, 4.69) is 21.2 Å². The van der Waals surface area contributed by atoms with Crippen molar-refractivity contribution < 1.29 is 9.90 Å². The van der Waals surface area contributed by atoms with E-state index in [1.807, 2.05) is 42.5 Å². The number of rotatable bonds is 1. The summed E-state index contributed by atoms with van der Waals surface area (Å²) in [5.41, 5.74) is 4.24. The van der Waals surface area contributed by atoms with Crippen LogP contribution < -0.4 is 5.32 Å². The van der Waals surface area contributed by atoms with E-state index < -0.39 is 0 Å². The second-order valence-electron chi connectivity index (χ2n) is 4.88. The Bertz CT molecular complexity index is 727. The predicted octanol–water partition coefficient (Wildman–Crippen LogP) is 3.12. The number of benzene rings is 1. The first kappa shape index (κ1) is 14.0. The Hall–Kier alpha value is -1.91. The molecule has 4 heteroatoms. The second kappa shape index (κ2) is 5.84. The lowest BCUT2D eigenvalue weighted by molar-refractivity contribution is 0.0958. The molecule has 106 valence electrons. The monoisotopic (exact) mass is 343 g/mol. The Morgan fingerprint density at radius 3 is 2.67 bits per heavy atom. The number of aliphatic hydroxyl groups excluding tert-OH is 1. The third-order valence-corrected chi connectivity index (χ3v) is 4.15. The molecule has 1 amide bonds. The summed E-state index contributed by atoms with van der Waals surface area (Å²) in [6.07, 6.45) is 11.9. The lowest BCUT2D eigenvalue weighted by Crippen LogP contribution is -2.23. The van der Waals surface area contributed by atoms with Crippen LogP contribution in [0.25, 0.3) is 5.57 Å². The Kier molecular flexibility index (Phi) is 3.90. The average Bonchev–Trinajstić information content (AvgIpc) is 2.57. The highest BCUT2D eigenvalue weighted by molar-refractivity contribution is 9.10. The Morgan fingerprint density at radius 1 is 1.14 bits per heavy atom. The molecule has 1 heterocycles. The first-order valence-electron chi connectivity index (χ1n) is 6.67. The van der Waals surface area contributed by atoms with Crippen molar-refractivity contribution in [1.82, 2.24) is 5.32 Å². The van der Waals surface area contributed by atoms with Crippen LogP contribution in [0.3, 0.4) is 0 Å². The molecule has 0 saturated heterocycles. The average molecular weight is 344 g/mol. The largest absolute Gasteiger partial charge is 0.392 e. The van der Waals surface area contributed by atoms with Crippen molar-refractivity contribution in [3.05, 3.63) is 75.3 Å². The summed E-state index contributed by atoms with van der Waals surface area (Å²) >= 11 is 3.54. The number of allylic oxidation sites excluding steroid dienone is 6. The smallest absolute Gasteiger partial charge is 0.252 e. The first-order valence-corrected chi connectivity index (χ1v) is 7.46. The molecule has 0 unspecified atom stereocenters. The van der Waals surface area contributed by atoms with E-state index in [9.17, 15) is 9.90 Å². The quantitative estimate of drug-likeness (QED) is 0.822. The van der Waals surface area contributed by atoms with Gasteiger partial charge in [0.1, 0.15) is 0 Å². The molecule has 0 saturated carbocycles. The number of hydrogen-bond donors (Lipinski definition) is 2. The number of amides is 1. The van der Waals surface area contributed by atoms with Gasteiger partial charge in [-0.15, -0.1) is 0 Å². The summed E-state index contributed by atoms with van der Waals surface area (Å²) in [5.74, 6) is -0.123. The minimum absolute atomic E-state index is 0.0937. The van der Waals surface area contributed by atoms with Crippen LogP contribution >= 0.6 is 15.9 Å². The van der Waals surface area contributed by atoms with Gasteiger partial charge in [0.15, 0.2) is 0 Å². The molecule has 0 aromatic heterocycles. The van der Waals surface area contributed by atoms with Crippen LogP contribution in [0.5, 0.6) is 0 Å². The summed E-state index contributed by atoms with van der Waals surface area (Å²) in [7, 11) is 0. The number of halogens is 1. The molecular formula is C17H14BrNO2. The van der Waals surface area contributed by atoms with E-state index >= 15 is 0 Å². The summed E-state index contributed by atoms with van der Waals surface area (Å²) in [6.45, 7) is 0.391. The number of carbonyl (C=O) groups is 1. The highest BCUT2D eigenvalue weighted by Crippen LogP contribution is 2.36. The molecule has 0 atom stereocenters. The van der Waals surface area contributed by atoms with Gasteiger partial charge in [0.2, 0.25) is 0 Å². The SMILES string of the molecule is O=C1NCC2=C/C=C\C=C/C=C2c2c(Br)cc(CO)cc21. The molecule has 3 rings (SSSR count). The van der Waals surface area contributed by atoms with Gasteiger partial charge in [0.25, 0.3) is 5.91 Å². The molecule has 1 aromatic carbocycles. The Balaban J connectivity index is 2.28. The Morgan fingerprint density at radius 2 is 1.90 bits per heavy atom. The molecule has 0 fully saturated rings. The minimum atomic E-state index is -0.123. The second-order valence-corrected chi connectivity index (χ2v) is 5.74. The predicted molar refractivity (Wildman–Crippen MR) is 86.7 cm³/mol. The zero-order valence-corrected chi connectivity index (χ0v) is 12.9. The van der Waals surface area contributed by atoms with Crippen LogP contribution in [0.1, 0.15) is 21.5 Å². The van der Waals surface area contributed by atoms with Gasteiger partial charge in [-0.25, -0.2) is 0 Å². The van der Waals surface area contributed by atoms with Crippen LogP contribution in [-0.2, 0) is 6.61 Å². The standard InChI is InChI=1S/C17H14BrNO2/c18-15-8-11(10-20)7-14-16(15)13-6-4-2-1-3-5-12(13)9-19-17(14)21/h1-8,20H,9-10H2,(H,19,21)/b2-1?,3-1-,4-2-,5-3?,6-4?,12-5?,13-6?. The fourth-order valence-corrected chi connectivity index (χ4v) is 3.25. The molecule has 1 aliphatic heterocycles. The number of aliphatic hydroxyl groups is 1. The van der Waals surface area contributed by atoms with Gasteiger partial charge in [0, 0.05) is 22.1 Å². The molecule has 3 nitrogen and oxygen atoms in total. The summed E-state index contributed by atoms with van der Waals surface area (Å²) in [4.78, 5) is 12.3. The Labute approximate surface area is 131 Å². The third-order valence-electron chi connectivity index (χ3n) is 3.53. The lowest BCUT2D eigenvalue weighted by atomic mass is 9.92. The van der Waals surface area contributed by atoms with Crippen LogP contribution in [-0.4, -0.2) is 17.6 Å². The molecule has 1 aliphatic carbocycles. The maximum Gasteiger partial charge on any atom is 0.252 e. The van der Waals surface area contributed by atoms with Crippen LogP contribution in [0.2, 0.25) is 0 Å². The summed E-state index contributed by atoms with van der Waals surface area (Å²) in [5, 5.41) is 12.3. The zero-order chi connectivity index (χ0) is 14.8. The lowest BCUT2D eigenvalue weighted by Gasteiger charge is -2.13. The normalized spacial score (nSPS) is 19.8. The van der Waals surface area contributed by atoms with Gasteiger partial charge in [-0.3, -0.25) is 4.79 Å². The zero-order valence-electron chi connectivity index (χ0n) is 11.3. The number of hydrogen-bond acceptors (Lipinski definition) is 2. The maximum atomic E-state index is 12.3. The van der Waals surface area contributed by atoms with Crippen molar-refractivity contribution in [2.24, 2.45) is 0 Å².